The summed E-state index contributed by atoms with van der Waals surface area (Å²) in [6, 6.07) is 12.0. The zero-order valence-electron chi connectivity index (χ0n) is 30.2. The van der Waals surface area contributed by atoms with E-state index in [1.165, 1.54) is 7.11 Å². The molecule has 4 aromatic rings. The van der Waals surface area contributed by atoms with Crippen molar-refractivity contribution >= 4 is 23.5 Å². The number of methoxy groups -OCH3 is 2. The van der Waals surface area contributed by atoms with Crippen LogP contribution in [0.5, 0.6) is 17.6 Å². The molecule has 55 heavy (non-hydrogen) atoms. The molecule has 7 rings (SSSR count). The second-order valence-electron chi connectivity index (χ2n) is 13.9. The van der Waals surface area contributed by atoms with Gasteiger partial charge in [0.05, 0.1) is 30.6 Å². The highest BCUT2D eigenvalue weighted by Crippen LogP contribution is 2.45. The molecule has 1 aromatic carbocycles. The van der Waals surface area contributed by atoms with E-state index in [0.29, 0.717) is 85.0 Å². The highest BCUT2D eigenvalue weighted by molar-refractivity contribution is 6.35. The van der Waals surface area contributed by atoms with Crippen LogP contribution >= 0.6 is 11.6 Å². The van der Waals surface area contributed by atoms with Crippen molar-refractivity contribution < 1.29 is 42.1 Å². The van der Waals surface area contributed by atoms with Gasteiger partial charge in [-0.15, -0.1) is 0 Å². The molecule has 4 N–H and O–H groups in total. The summed E-state index contributed by atoms with van der Waals surface area (Å²) in [5, 5.41) is 19.0. The molecule has 4 heterocycles. The Kier molecular flexibility index (Phi) is 10.9. The molecule has 1 saturated carbocycles. The van der Waals surface area contributed by atoms with E-state index in [2.05, 4.69) is 25.9 Å². The normalized spacial score (nSPS) is 18.7. The van der Waals surface area contributed by atoms with Crippen LogP contribution in [0.2, 0.25) is 5.02 Å². The number of halogens is 4. The monoisotopic (exact) mass is 780 g/mol. The third kappa shape index (κ3) is 8.05. The zero-order valence-corrected chi connectivity index (χ0v) is 30.9. The zero-order chi connectivity index (χ0) is 38.9. The molecule has 0 radical (unpaired) electrons. The van der Waals surface area contributed by atoms with Crippen LogP contribution in [0.15, 0.2) is 48.7 Å². The summed E-state index contributed by atoms with van der Waals surface area (Å²) in [6.45, 7) is 0.928. The molecule has 3 aromatic heterocycles. The lowest BCUT2D eigenvalue weighted by Crippen LogP contribution is -2.38. The SMILES string of the molecule is COc1nc(-c2ccnc(-c3cccc4c3CCC[C@@H]4Oc3nc(OC)c(CNC4(C(=O)O)CC4)cc3C(F)(F)F)c2Cl)ccc1CNC[C@H]1CCC(=O)N1. The standard InChI is InChI=1S/C39H40ClF3N6O6/c1-53-34-21(18-44-20-23-10-12-31(50)47-23)9-11-29(48-34)27-13-16-45-33(32(27)40)26-7-3-6-25-24(26)5-4-8-30(25)55-36-28(39(41,42)43)17-22(35(49-36)54-2)19-46-38(14-15-38)37(51)52/h3,6-7,9,11,13,16-17,23,30,44,46H,4-5,8,10,12,14-15,18-20H2,1-2H3,(H,47,50)(H,51,52)/t23-,30+/m1/s1. The topological polar surface area (TPSA) is 157 Å². The summed E-state index contributed by atoms with van der Waals surface area (Å²) < 4.78 is 60.6. The fourth-order valence-corrected chi connectivity index (χ4v) is 7.54. The first-order valence-electron chi connectivity index (χ1n) is 18.0. The molecule has 12 nitrogen and oxygen atoms in total. The van der Waals surface area contributed by atoms with E-state index in [0.717, 1.165) is 29.2 Å². The molecule has 1 amide bonds. The molecule has 2 fully saturated rings. The quantitative estimate of drug-likeness (QED) is 0.112. The van der Waals surface area contributed by atoms with Gasteiger partial charge in [0.1, 0.15) is 17.2 Å². The summed E-state index contributed by atoms with van der Waals surface area (Å²) in [6.07, 6.45) is -0.212. The van der Waals surface area contributed by atoms with Gasteiger partial charge in [-0.25, -0.2) is 4.98 Å². The van der Waals surface area contributed by atoms with E-state index in [-0.39, 0.29) is 29.9 Å². The van der Waals surface area contributed by atoms with E-state index >= 15 is 0 Å². The Morgan fingerprint density at radius 1 is 1.00 bits per heavy atom. The van der Waals surface area contributed by atoms with Gasteiger partial charge in [0.2, 0.25) is 23.5 Å². The number of aromatic nitrogens is 3. The summed E-state index contributed by atoms with van der Waals surface area (Å²) in [7, 11) is 2.83. The van der Waals surface area contributed by atoms with Gasteiger partial charge >= 0.3 is 12.1 Å². The lowest BCUT2D eigenvalue weighted by molar-refractivity contribution is -0.141. The lowest BCUT2D eigenvalue weighted by Gasteiger charge is -2.29. The van der Waals surface area contributed by atoms with Gasteiger partial charge < -0.3 is 30.0 Å². The van der Waals surface area contributed by atoms with Crippen molar-refractivity contribution in [3.05, 3.63) is 81.5 Å². The van der Waals surface area contributed by atoms with Crippen LogP contribution in [0.1, 0.15) is 72.4 Å². The van der Waals surface area contributed by atoms with Crippen LogP contribution < -0.4 is 30.2 Å². The number of alkyl halides is 3. The number of nitrogens with zero attached hydrogens (tertiary/aromatic N) is 3. The summed E-state index contributed by atoms with van der Waals surface area (Å²) in [4.78, 5) is 36.7. The minimum absolute atomic E-state index is 0.0599. The minimum atomic E-state index is -4.81. The van der Waals surface area contributed by atoms with Gasteiger partial charge in [-0.1, -0.05) is 35.9 Å². The highest BCUT2D eigenvalue weighted by Gasteiger charge is 2.50. The number of hydrogen-bond donors (Lipinski definition) is 4. The predicted molar refractivity (Wildman–Crippen MR) is 196 cm³/mol. The minimum Gasteiger partial charge on any atom is -0.481 e. The number of rotatable bonds is 14. The first-order chi connectivity index (χ1) is 26.4. The lowest BCUT2D eigenvalue weighted by atomic mass is 9.85. The van der Waals surface area contributed by atoms with Crippen LogP contribution in [-0.4, -0.2) is 64.3 Å². The van der Waals surface area contributed by atoms with Crippen molar-refractivity contribution in [1.29, 1.82) is 0 Å². The maximum atomic E-state index is 14.5. The molecule has 0 spiro atoms. The molecule has 0 bridgehead atoms. The Morgan fingerprint density at radius 3 is 2.47 bits per heavy atom. The molecule has 0 unspecified atom stereocenters. The molecule has 290 valence electrons. The Bertz CT molecular complexity index is 2110. The molecule has 2 atom stereocenters. The van der Waals surface area contributed by atoms with Crippen LogP contribution in [0.25, 0.3) is 22.5 Å². The number of aliphatic carboxylic acids is 1. The van der Waals surface area contributed by atoms with Crippen molar-refractivity contribution in [2.24, 2.45) is 0 Å². The van der Waals surface area contributed by atoms with Crippen LogP contribution in [0.3, 0.4) is 0 Å². The number of nitrogens with one attached hydrogen (secondary N) is 3. The third-order valence-electron chi connectivity index (χ3n) is 10.4. The first kappa shape index (κ1) is 38.3. The number of fused-ring (bicyclic) bond motifs is 1. The smallest absolute Gasteiger partial charge is 0.421 e. The van der Waals surface area contributed by atoms with Crippen LogP contribution in [0.4, 0.5) is 13.2 Å². The van der Waals surface area contributed by atoms with Gasteiger partial charge in [-0.2, -0.15) is 18.2 Å². The maximum Gasteiger partial charge on any atom is 0.421 e. The number of amides is 1. The number of carboxylic acid groups (broad SMARTS) is 1. The number of ether oxygens (including phenoxy) is 3. The van der Waals surface area contributed by atoms with Crippen molar-refractivity contribution in [2.45, 2.75) is 81.9 Å². The van der Waals surface area contributed by atoms with Crippen LogP contribution in [0, 0.1) is 0 Å². The fraction of sp³-hybridized carbons (Fsp3) is 0.410. The second-order valence-corrected chi connectivity index (χ2v) is 14.3. The Balaban J connectivity index is 1.15. The third-order valence-corrected chi connectivity index (χ3v) is 10.7. The largest absolute Gasteiger partial charge is 0.481 e. The van der Waals surface area contributed by atoms with Crippen molar-refractivity contribution in [3.63, 3.8) is 0 Å². The van der Waals surface area contributed by atoms with Gasteiger partial charge in [0.15, 0.2) is 0 Å². The molecule has 1 saturated heterocycles. The van der Waals surface area contributed by atoms with Gasteiger partial charge in [0, 0.05) is 60.5 Å². The van der Waals surface area contributed by atoms with Crippen LogP contribution in [-0.2, 0) is 35.3 Å². The molecule has 1 aliphatic heterocycles. The van der Waals surface area contributed by atoms with E-state index in [4.69, 9.17) is 30.8 Å². The Morgan fingerprint density at radius 2 is 1.78 bits per heavy atom. The number of carbonyl (C=O) groups excluding carboxylic acids is 1. The van der Waals surface area contributed by atoms with Crippen molar-refractivity contribution in [1.82, 2.24) is 30.9 Å². The number of carbonyl (C=O) groups is 2. The average Bonchev–Trinajstić information content (AvgIpc) is 3.86. The predicted octanol–water partition coefficient (Wildman–Crippen LogP) is 6.43. The van der Waals surface area contributed by atoms with E-state index in [1.807, 2.05) is 24.3 Å². The Hall–Kier alpha value is -4.99. The van der Waals surface area contributed by atoms with E-state index in [1.54, 1.807) is 25.4 Å². The molecule has 3 aliphatic rings. The number of carboxylic acids is 1. The first-order valence-corrected chi connectivity index (χ1v) is 18.4. The van der Waals surface area contributed by atoms with Crippen molar-refractivity contribution in [2.75, 3.05) is 20.8 Å². The Labute approximate surface area is 320 Å². The average molecular weight is 781 g/mol. The number of benzene rings is 1. The van der Waals surface area contributed by atoms with Gasteiger partial charge in [-0.05, 0) is 67.9 Å². The second kappa shape index (κ2) is 15.6. The fourth-order valence-electron chi connectivity index (χ4n) is 7.23. The summed E-state index contributed by atoms with van der Waals surface area (Å²) in [5.74, 6) is -1.30. The molecular weight excluding hydrogens is 741 g/mol. The molecular formula is C39H40ClF3N6O6. The highest BCUT2D eigenvalue weighted by atomic mass is 35.5. The number of pyridine rings is 3. The van der Waals surface area contributed by atoms with E-state index < -0.39 is 35.2 Å². The summed E-state index contributed by atoms with van der Waals surface area (Å²) >= 11 is 7.08. The van der Waals surface area contributed by atoms with Gasteiger partial charge in [0.25, 0.3) is 0 Å². The van der Waals surface area contributed by atoms with Crippen molar-refractivity contribution in [3.8, 4) is 40.2 Å². The summed E-state index contributed by atoms with van der Waals surface area (Å²) in [5.41, 5.74) is 2.59. The van der Waals surface area contributed by atoms with E-state index in [9.17, 15) is 27.9 Å². The molecule has 2 aliphatic carbocycles. The maximum absolute atomic E-state index is 14.5. The number of hydrogen-bond acceptors (Lipinski definition) is 10. The molecule has 16 heteroatoms. The van der Waals surface area contributed by atoms with Gasteiger partial charge in [-0.3, -0.25) is 19.9 Å².